The standard InChI is InChI=1S/C26H34N2O2/c1-30-23-15-13-22(14-16-23)26(29)25(28-19-9-4-10-20-28)24(21-11-5-2-6-12-21)27-17-7-3-8-18-27/h2,5-6,11-16,24-25H,3-4,7-10,17-20H2,1H3/t24-,25-/m1/s1. The van der Waals surface area contributed by atoms with Gasteiger partial charge in [-0.05, 0) is 81.7 Å². The number of rotatable bonds is 7. The highest BCUT2D eigenvalue weighted by atomic mass is 16.5. The van der Waals surface area contributed by atoms with E-state index in [1.165, 1.54) is 44.1 Å². The average Bonchev–Trinajstić information content (AvgIpc) is 2.84. The van der Waals surface area contributed by atoms with Crippen LogP contribution in [0.15, 0.2) is 54.6 Å². The van der Waals surface area contributed by atoms with E-state index in [1.54, 1.807) is 7.11 Å². The van der Waals surface area contributed by atoms with Gasteiger partial charge in [0.05, 0.1) is 19.2 Å². The molecule has 2 aliphatic heterocycles. The Labute approximate surface area is 180 Å². The summed E-state index contributed by atoms with van der Waals surface area (Å²) in [5.74, 6) is 1.02. The van der Waals surface area contributed by atoms with Crippen LogP contribution in [0.2, 0.25) is 0 Å². The molecule has 0 aliphatic carbocycles. The SMILES string of the molecule is COc1ccc(C(=O)[C@@H]([C@@H](c2ccccc2)N2CCCCC2)N2CCCCC2)cc1. The molecule has 160 valence electrons. The number of benzene rings is 2. The molecule has 2 atom stereocenters. The zero-order chi connectivity index (χ0) is 20.8. The molecule has 2 aromatic rings. The normalized spacial score (nSPS) is 20.4. The molecule has 2 heterocycles. The third-order valence-corrected chi connectivity index (χ3v) is 6.65. The summed E-state index contributed by atoms with van der Waals surface area (Å²) in [5, 5.41) is 0. The van der Waals surface area contributed by atoms with Crippen molar-refractivity contribution < 1.29 is 9.53 Å². The van der Waals surface area contributed by atoms with Crippen LogP contribution in [0.3, 0.4) is 0 Å². The first-order valence-electron chi connectivity index (χ1n) is 11.5. The summed E-state index contributed by atoms with van der Waals surface area (Å²) in [6.07, 6.45) is 7.33. The van der Waals surface area contributed by atoms with Crippen molar-refractivity contribution >= 4 is 5.78 Å². The molecule has 0 bridgehead atoms. The van der Waals surface area contributed by atoms with Crippen LogP contribution in [-0.2, 0) is 0 Å². The largest absolute Gasteiger partial charge is 0.497 e. The average molecular weight is 407 g/mol. The lowest BCUT2D eigenvalue weighted by atomic mass is 9.88. The van der Waals surface area contributed by atoms with Gasteiger partial charge >= 0.3 is 0 Å². The van der Waals surface area contributed by atoms with Crippen molar-refractivity contribution in [1.82, 2.24) is 9.80 Å². The molecule has 0 saturated carbocycles. The maximum absolute atomic E-state index is 14.0. The predicted molar refractivity (Wildman–Crippen MR) is 121 cm³/mol. The minimum absolute atomic E-state index is 0.0965. The minimum Gasteiger partial charge on any atom is -0.497 e. The molecular formula is C26H34N2O2. The smallest absolute Gasteiger partial charge is 0.181 e. The van der Waals surface area contributed by atoms with Crippen molar-refractivity contribution in [3.63, 3.8) is 0 Å². The van der Waals surface area contributed by atoms with E-state index in [2.05, 4.69) is 40.1 Å². The van der Waals surface area contributed by atoms with Crippen LogP contribution in [0.5, 0.6) is 5.75 Å². The van der Waals surface area contributed by atoms with E-state index in [0.717, 1.165) is 37.5 Å². The third kappa shape index (κ3) is 4.76. The van der Waals surface area contributed by atoms with Gasteiger partial charge in [0, 0.05) is 5.56 Å². The van der Waals surface area contributed by atoms with Crippen LogP contribution in [0, 0.1) is 0 Å². The van der Waals surface area contributed by atoms with Crippen molar-refractivity contribution in [2.24, 2.45) is 0 Å². The number of hydrogen-bond donors (Lipinski definition) is 0. The number of carbonyl (C=O) groups is 1. The number of carbonyl (C=O) groups excluding carboxylic acids is 1. The Kier molecular flexibility index (Phi) is 7.19. The lowest BCUT2D eigenvalue weighted by Gasteiger charge is -2.44. The van der Waals surface area contributed by atoms with Gasteiger partial charge in [0.2, 0.25) is 0 Å². The third-order valence-electron chi connectivity index (χ3n) is 6.65. The maximum Gasteiger partial charge on any atom is 0.181 e. The molecule has 0 N–H and O–H groups in total. The molecule has 0 spiro atoms. The van der Waals surface area contributed by atoms with E-state index in [1.807, 2.05) is 24.3 Å². The number of piperidine rings is 2. The van der Waals surface area contributed by atoms with Gasteiger partial charge in [0.1, 0.15) is 5.75 Å². The predicted octanol–water partition coefficient (Wildman–Crippen LogP) is 4.96. The number of ketones is 1. The van der Waals surface area contributed by atoms with Crippen LogP contribution in [0.1, 0.15) is 60.5 Å². The second kappa shape index (κ2) is 10.2. The van der Waals surface area contributed by atoms with Crippen LogP contribution < -0.4 is 4.74 Å². The Morgan fingerprint density at radius 3 is 1.90 bits per heavy atom. The summed E-state index contributed by atoms with van der Waals surface area (Å²) in [6, 6.07) is 18.3. The molecule has 2 fully saturated rings. The zero-order valence-corrected chi connectivity index (χ0v) is 18.1. The van der Waals surface area contributed by atoms with E-state index < -0.39 is 0 Å². The summed E-state index contributed by atoms with van der Waals surface area (Å²) in [6.45, 7) is 4.15. The molecule has 2 aliphatic rings. The second-order valence-electron chi connectivity index (χ2n) is 8.59. The molecular weight excluding hydrogens is 372 g/mol. The topological polar surface area (TPSA) is 32.8 Å². The molecule has 2 aromatic carbocycles. The molecule has 4 heteroatoms. The van der Waals surface area contributed by atoms with E-state index in [-0.39, 0.29) is 17.9 Å². The molecule has 2 saturated heterocycles. The first kappa shape index (κ1) is 21.1. The highest BCUT2D eigenvalue weighted by Crippen LogP contribution is 2.34. The van der Waals surface area contributed by atoms with Gasteiger partial charge in [-0.15, -0.1) is 0 Å². The summed E-state index contributed by atoms with van der Waals surface area (Å²) < 4.78 is 5.31. The van der Waals surface area contributed by atoms with Crippen molar-refractivity contribution in [2.75, 3.05) is 33.3 Å². The fourth-order valence-electron chi connectivity index (χ4n) is 5.07. The molecule has 4 rings (SSSR count). The van der Waals surface area contributed by atoms with Gasteiger partial charge in [-0.1, -0.05) is 43.2 Å². The van der Waals surface area contributed by atoms with Crippen LogP contribution in [0.25, 0.3) is 0 Å². The molecule has 4 nitrogen and oxygen atoms in total. The van der Waals surface area contributed by atoms with Crippen LogP contribution in [0.4, 0.5) is 0 Å². The molecule has 30 heavy (non-hydrogen) atoms. The van der Waals surface area contributed by atoms with Crippen LogP contribution in [-0.4, -0.2) is 54.9 Å². The van der Waals surface area contributed by atoms with E-state index >= 15 is 0 Å². The van der Waals surface area contributed by atoms with Gasteiger partial charge in [-0.3, -0.25) is 14.6 Å². The molecule has 0 radical (unpaired) electrons. The number of hydrogen-bond acceptors (Lipinski definition) is 4. The Morgan fingerprint density at radius 1 is 0.767 bits per heavy atom. The summed E-state index contributed by atoms with van der Waals surface area (Å²) in [5.41, 5.74) is 2.04. The Morgan fingerprint density at radius 2 is 1.33 bits per heavy atom. The van der Waals surface area contributed by atoms with Gasteiger partial charge in [-0.2, -0.15) is 0 Å². The van der Waals surface area contributed by atoms with Gasteiger partial charge < -0.3 is 4.74 Å². The quantitative estimate of drug-likeness (QED) is 0.609. The van der Waals surface area contributed by atoms with Crippen molar-refractivity contribution in [2.45, 2.75) is 50.6 Å². The van der Waals surface area contributed by atoms with Crippen molar-refractivity contribution in [3.8, 4) is 5.75 Å². The molecule has 0 amide bonds. The summed E-state index contributed by atoms with van der Waals surface area (Å²) in [4.78, 5) is 19.0. The highest BCUT2D eigenvalue weighted by molar-refractivity contribution is 6.00. The van der Waals surface area contributed by atoms with E-state index in [4.69, 9.17) is 4.74 Å². The second-order valence-corrected chi connectivity index (χ2v) is 8.59. The Balaban J connectivity index is 1.73. The summed E-state index contributed by atoms with van der Waals surface area (Å²) in [7, 11) is 1.66. The number of nitrogens with zero attached hydrogens (tertiary/aromatic N) is 2. The lowest BCUT2D eigenvalue weighted by Crippen LogP contribution is -2.53. The first-order valence-corrected chi connectivity index (χ1v) is 11.5. The number of methoxy groups -OCH3 is 1. The molecule has 0 unspecified atom stereocenters. The number of likely N-dealkylation sites (tertiary alicyclic amines) is 2. The highest BCUT2D eigenvalue weighted by Gasteiger charge is 2.39. The van der Waals surface area contributed by atoms with Gasteiger partial charge in [-0.25, -0.2) is 0 Å². The zero-order valence-electron chi connectivity index (χ0n) is 18.1. The Bertz CT molecular complexity index is 794. The van der Waals surface area contributed by atoms with Gasteiger partial charge in [0.25, 0.3) is 0 Å². The van der Waals surface area contributed by atoms with Crippen LogP contribution >= 0.6 is 0 Å². The monoisotopic (exact) mass is 406 g/mol. The molecule has 0 aromatic heterocycles. The minimum atomic E-state index is -0.154. The number of ether oxygens (including phenoxy) is 1. The van der Waals surface area contributed by atoms with Crippen molar-refractivity contribution in [3.05, 3.63) is 65.7 Å². The summed E-state index contributed by atoms with van der Waals surface area (Å²) >= 11 is 0. The maximum atomic E-state index is 14.0. The fraction of sp³-hybridized carbons (Fsp3) is 0.500. The number of Topliss-reactive ketones (excluding diaryl/α,β-unsaturated/α-hetero) is 1. The fourth-order valence-corrected chi connectivity index (χ4v) is 5.07. The van der Waals surface area contributed by atoms with Crippen molar-refractivity contribution in [1.29, 1.82) is 0 Å². The first-order chi connectivity index (χ1) is 14.8. The Hall–Kier alpha value is -2.17. The van der Waals surface area contributed by atoms with E-state index in [0.29, 0.717) is 0 Å². The van der Waals surface area contributed by atoms with Gasteiger partial charge in [0.15, 0.2) is 5.78 Å². The van der Waals surface area contributed by atoms with E-state index in [9.17, 15) is 4.79 Å². The lowest BCUT2D eigenvalue weighted by molar-refractivity contribution is 0.0425.